The van der Waals surface area contributed by atoms with Crippen molar-refractivity contribution in [3.8, 4) is 0 Å². The zero-order valence-corrected chi connectivity index (χ0v) is 14.0. The highest BCUT2D eigenvalue weighted by Crippen LogP contribution is 2.19. The predicted molar refractivity (Wildman–Crippen MR) is 85.5 cm³/mol. The van der Waals surface area contributed by atoms with Gasteiger partial charge in [-0.3, -0.25) is 0 Å². The van der Waals surface area contributed by atoms with Gasteiger partial charge in [0, 0.05) is 10.5 Å². The Hall–Kier alpha value is -0.500. The number of halogens is 1. The third kappa shape index (κ3) is 4.52. The Balaban J connectivity index is 2.92. The van der Waals surface area contributed by atoms with E-state index < -0.39 is 15.3 Å². The molecule has 2 unspecified atom stereocenters. The Bertz CT molecular complexity index is 561. The van der Waals surface area contributed by atoms with Crippen LogP contribution < -0.4 is 10.5 Å². The van der Waals surface area contributed by atoms with Crippen molar-refractivity contribution in [1.82, 2.24) is 4.72 Å². The van der Waals surface area contributed by atoms with Crippen LogP contribution in [0.4, 0.5) is 0 Å². The molecule has 0 spiro atoms. The Morgan fingerprint density at radius 2 is 2.16 bits per heavy atom. The third-order valence-electron chi connectivity index (χ3n) is 2.75. The number of rotatable bonds is 6. The van der Waals surface area contributed by atoms with E-state index >= 15 is 0 Å². The number of benzene rings is 1. The third-order valence-corrected chi connectivity index (χ3v) is 5.70. The van der Waals surface area contributed by atoms with E-state index in [9.17, 15) is 8.42 Å². The standard InChI is InChI=1S/C12H17BrN2O2S2/c1-3-11(12(14)18)19(16,17)15-8(2)9-5-4-6-10(13)7-9/h4-8,11,15H,3H2,1-2H3,(H2,14,18). The summed E-state index contributed by atoms with van der Waals surface area (Å²) in [5.41, 5.74) is 6.35. The average molecular weight is 365 g/mol. The predicted octanol–water partition coefficient (Wildman–Crippen LogP) is 2.49. The largest absolute Gasteiger partial charge is 0.392 e. The van der Waals surface area contributed by atoms with Gasteiger partial charge in [0.15, 0.2) is 0 Å². The van der Waals surface area contributed by atoms with Gasteiger partial charge < -0.3 is 5.73 Å². The monoisotopic (exact) mass is 364 g/mol. The molecule has 0 fully saturated rings. The smallest absolute Gasteiger partial charge is 0.221 e. The van der Waals surface area contributed by atoms with Crippen LogP contribution in [0.2, 0.25) is 0 Å². The summed E-state index contributed by atoms with van der Waals surface area (Å²) in [7, 11) is -3.56. The minimum absolute atomic E-state index is 0.00329. The number of nitrogens with one attached hydrogen (secondary N) is 1. The molecule has 4 nitrogen and oxygen atoms in total. The maximum Gasteiger partial charge on any atom is 0.221 e. The topological polar surface area (TPSA) is 72.2 Å². The lowest BCUT2D eigenvalue weighted by atomic mass is 10.1. The molecule has 0 aromatic heterocycles. The highest BCUT2D eigenvalue weighted by molar-refractivity contribution is 9.10. The summed E-state index contributed by atoms with van der Waals surface area (Å²) in [5.74, 6) is 0. The minimum Gasteiger partial charge on any atom is -0.392 e. The van der Waals surface area contributed by atoms with Crippen LogP contribution >= 0.6 is 28.1 Å². The van der Waals surface area contributed by atoms with E-state index in [0.717, 1.165) is 10.0 Å². The van der Waals surface area contributed by atoms with Gasteiger partial charge in [-0.15, -0.1) is 0 Å². The van der Waals surface area contributed by atoms with Crippen LogP contribution in [0.25, 0.3) is 0 Å². The van der Waals surface area contributed by atoms with Crippen LogP contribution in [0, 0.1) is 0 Å². The molecule has 0 saturated heterocycles. The molecule has 0 amide bonds. The van der Waals surface area contributed by atoms with Gasteiger partial charge in [-0.05, 0) is 31.0 Å². The van der Waals surface area contributed by atoms with Crippen molar-refractivity contribution < 1.29 is 8.42 Å². The summed E-state index contributed by atoms with van der Waals surface area (Å²) in [5, 5.41) is -0.836. The molecule has 0 aliphatic carbocycles. The van der Waals surface area contributed by atoms with Gasteiger partial charge in [0.25, 0.3) is 0 Å². The first-order valence-corrected chi connectivity index (χ1v) is 8.58. The van der Waals surface area contributed by atoms with Gasteiger partial charge in [-0.25, -0.2) is 13.1 Å². The first kappa shape index (κ1) is 16.6. The van der Waals surface area contributed by atoms with Crippen molar-refractivity contribution in [2.24, 2.45) is 5.73 Å². The normalized spacial score (nSPS) is 14.9. The molecule has 1 aromatic carbocycles. The van der Waals surface area contributed by atoms with Crippen LogP contribution in [0.1, 0.15) is 31.9 Å². The second-order valence-corrected chi connectivity index (χ2v) is 7.52. The Labute approximate surface area is 127 Å². The highest BCUT2D eigenvalue weighted by Gasteiger charge is 2.28. The first-order chi connectivity index (χ1) is 8.77. The lowest BCUT2D eigenvalue weighted by molar-refractivity contribution is 0.560. The van der Waals surface area contributed by atoms with Gasteiger partial charge in [0.1, 0.15) is 5.25 Å². The summed E-state index contributed by atoms with van der Waals surface area (Å²) in [4.78, 5) is -0.00329. The fourth-order valence-corrected chi connectivity index (χ4v) is 4.25. The number of nitrogens with two attached hydrogens (primary N) is 1. The van der Waals surface area contributed by atoms with Crippen LogP contribution in [0.15, 0.2) is 28.7 Å². The molecule has 19 heavy (non-hydrogen) atoms. The second kappa shape index (κ2) is 6.78. The van der Waals surface area contributed by atoms with Gasteiger partial charge >= 0.3 is 0 Å². The fourth-order valence-electron chi connectivity index (χ4n) is 1.75. The molecule has 0 bridgehead atoms. The Morgan fingerprint density at radius 3 is 2.63 bits per heavy atom. The maximum atomic E-state index is 12.2. The van der Waals surface area contributed by atoms with Crippen LogP contribution in [0.3, 0.4) is 0 Å². The lowest BCUT2D eigenvalue weighted by Gasteiger charge is -2.20. The van der Waals surface area contributed by atoms with E-state index in [0.29, 0.717) is 6.42 Å². The quantitative estimate of drug-likeness (QED) is 0.760. The molecule has 0 aliphatic heterocycles. The van der Waals surface area contributed by atoms with Gasteiger partial charge in [0.05, 0.1) is 4.99 Å². The molecular weight excluding hydrogens is 348 g/mol. The summed E-state index contributed by atoms with van der Waals surface area (Å²) < 4.78 is 27.9. The molecule has 0 aliphatic rings. The first-order valence-electron chi connectivity index (χ1n) is 5.84. The molecule has 0 heterocycles. The molecule has 0 radical (unpaired) electrons. The van der Waals surface area contributed by atoms with E-state index in [2.05, 4.69) is 20.7 Å². The molecule has 1 aromatic rings. The Kier molecular flexibility index (Phi) is 5.91. The van der Waals surface area contributed by atoms with Crippen LogP contribution in [-0.2, 0) is 10.0 Å². The van der Waals surface area contributed by atoms with Crippen molar-refractivity contribution in [3.63, 3.8) is 0 Å². The molecule has 0 saturated carbocycles. The summed E-state index contributed by atoms with van der Waals surface area (Å²) in [6.07, 6.45) is 0.357. The highest BCUT2D eigenvalue weighted by atomic mass is 79.9. The average Bonchev–Trinajstić information content (AvgIpc) is 2.28. The van der Waals surface area contributed by atoms with E-state index in [4.69, 9.17) is 18.0 Å². The van der Waals surface area contributed by atoms with Gasteiger partial charge in [-0.1, -0.05) is 47.2 Å². The van der Waals surface area contributed by atoms with Gasteiger partial charge in [0.2, 0.25) is 10.0 Å². The zero-order chi connectivity index (χ0) is 14.6. The number of hydrogen-bond donors (Lipinski definition) is 2. The van der Waals surface area contributed by atoms with E-state index in [1.807, 2.05) is 24.3 Å². The van der Waals surface area contributed by atoms with Crippen LogP contribution in [0.5, 0.6) is 0 Å². The van der Waals surface area contributed by atoms with E-state index in [1.165, 1.54) is 0 Å². The number of sulfonamides is 1. The van der Waals surface area contributed by atoms with Crippen molar-refractivity contribution >= 4 is 43.2 Å². The molecular formula is C12H17BrN2O2S2. The maximum absolute atomic E-state index is 12.2. The summed E-state index contributed by atoms with van der Waals surface area (Å²) in [6, 6.07) is 7.13. The number of hydrogen-bond acceptors (Lipinski definition) is 3. The van der Waals surface area contributed by atoms with Crippen molar-refractivity contribution in [1.29, 1.82) is 0 Å². The number of thiocarbonyl (C=S) groups is 1. The molecule has 3 N–H and O–H groups in total. The van der Waals surface area contributed by atoms with Crippen molar-refractivity contribution in [3.05, 3.63) is 34.3 Å². The van der Waals surface area contributed by atoms with E-state index in [-0.39, 0.29) is 11.0 Å². The van der Waals surface area contributed by atoms with Gasteiger partial charge in [-0.2, -0.15) is 0 Å². The fraction of sp³-hybridized carbons (Fsp3) is 0.417. The van der Waals surface area contributed by atoms with E-state index in [1.54, 1.807) is 13.8 Å². The second-order valence-electron chi connectivity index (χ2n) is 4.24. The van der Waals surface area contributed by atoms with Crippen LogP contribution in [-0.4, -0.2) is 18.7 Å². The lowest BCUT2D eigenvalue weighted by Crippen LogP contribution is -2.42. The van der Waals surface area contributed by atoms with Crippen molar-refractivity contribution in [2.45, 2.75) is 31.6 Å². The van der Waals surface area contributed by atoms with Crippen molar-refractivity contribution in [2.75, 3.05) is 0 Å². The SMILES string of the molecule is CCC(C(N)=S)S(=O)(=O)NC(C)c1cccc(Br)c1. The minimum atomic E-state index is -3.56. The molecule has 7 heteroatoms. The Morgan fingerprint density at radius 1 is 1.53 bits per heavy atom. The molecule has 106 valence electrons. The zero-order valence-electron chi connectivity index (χ0n) is 10.8. The molecule has 2 atom stereocenters. The summed E-state index contributed by atoms with van der Waals surface area (Å²) >= 11 is 8.16. The molecule has 1 rings (SSSR count). The summed E-state index contributed by atoms with van der Waals surface area (Å²) in [6.45, 7) is 3.53.